The molecule has 2 aliphatic heterocycles. The lowest BCUT2D eigenvalue weighted by Gasteiger charge is -2.42. The largest absolute Gasteiger partial charge is 0.381 e. The average Bonchev–Trinajstić information content (AvgIpc) is 3.02. The Morgan fingerprint density at radius 2 is 1.84 bits per heavy atom. The minimum Gasteiger partial charge on any atom is -0.381 e. The molecular weight excluding hydrogens is 236 g/mol. The molecule has 0 aromatic rings. The number of methoxy groups -OCH3 is 1. The van der Waals surface area contributed by atoms with Crippen molar-refractivity contribution in [3.63, 3.8) is 0 Å². The molecule has 19 heavy (non-hydrogen) atoms. The van der Waals surface area contributed by atoms with Gasteiger partial charge in [-0.05, 0) is 76.9 Å². The second kappa shape index (κ2) is 6.55. The fourth-order valence-corrected chi connectivity index (χ4v) is 4.47. The number of nitrogens with one attached hydrogen (secondary N) is 1. The van der Waals surface area contributed by atoms with Crippen LogP contribution in [-0.2, 0) is 4.74 Å². The van der Waals surface area contributed by atoms with Crippen LogP contribution < -0.4 is 5.32 Å². The van der Waals surface area contributed by atoms with Crippen LogP contribution in [0.5, 0.6) is 0 Å². The number of likely N-dealkylation sites (tertiary alicyclic amines) is 1. The predicted octanol–water partition coefficient (Wildman–Crippen LogP) is 2.41. The number of hydrogen-bond donors (Lipinski definition) is 1. The summed E-state index contributed by atoms with van der Waals surface area (Å²) >= 11 is 0. The second-order valence-corrected chi connectivity index (χ2v) is 6.75. The second-order valence-electron chi connectivity index (χ2n) is 6.75. The zero-order valence-electron chi connectivity index (χ0n) is 12.4. The van der Waals surface area contributed by atoms with Gasteiger partial charge in [-0.25, -0.2) is 0 Å². The molecule has 3 fully saturated rings. The highest BCUT2D eigenvalue weighted by molar-refractivity contribution is 4.89. The van der Waals surface area contributed by atoms with Crippen molar-refractivity contribution in [1.82, 2.24) is 10.2 Å². The van der Waals surface area contributed by atoms with Gasteiger partial charge in [0.25, 0.3) is 0 Å². The summed E-state index contributed by atoms with van der Waals surface area (Å²) in [5, 5.41) is 3.70. The van der Waals surface area contributed by atoms with E-state index in [-0.39, 0.29) is 0 Å². The van der Waals surface area contributed by atoms with Crippen LogP contribution in [0, 0.1) is 5.92 Å². The lowest BCUT2D eigenvalue weighted by atomic mass is 9.85. The van der Waals surface area contributed by atoms with Crippen molar-refractivity contribution in [1.29, 1.82) is 0 Å². The molecule has 3 heteroatoms. The molecule has 0 spiro atoms. The van der Waals surface area contributed by atoms with Gasteiger partial charge in [-0.1, -0.05) is 0 Å². The van der Waals surface area contributed by atoms with Crippen LogP contribution in [0.3, 0.4) is 0 Å². The first kappa shape index (κ1) is 13.8. The van der Waals surface area contributed by atoms with Gasteiger partial charge in [-0.3, -0.25) is 0 Å². The topological polar surface area (TPSA) is 24.5 Å². The Morgan fingerprint density at radius 3 is 2.53 bits per heavy atom. The summed E-state index contributed by atoms with van der Waals surface area (Å²) in [4.78, 5) is 2.76. The van der Waals surface area contributed by atoms with Gasteiger partial charge >= 0.3 is 0 Å². The maximum absolute atomic E-state index is 5.58. The lowest BCUT2D eigenvalue weighted by molar-refractivity contribution is 0.0158. The van der Waals surface area contributed by atoms with Crippen LogP contribution in [-0.4, -0.2) is 49.8 Å². The van der Waals surface area contributed by atoms with Crippen molar-refractivity contribution in [2.24, 2.45) is 5.92 Å². The SMILES string of the molecule is COC1CCCC(N2CCC(C3CCCN3)CC2)C1. The summed E-state index contributed by atoms with van der Waals surface area (Å²) in [6.07, 6.45) is 11.4. The van der Waals surface area contributed by atoms with Crippen molar-refractivity contribution in [3.05, 3.63) is 0 Å². The highest BCUT2D eigenvalue weighted by Crippen LogP contribution is 2.31. The summed E-state index contributed by atoms with van der Waals surface area (Å²) in [5.74, 6) is 0.945. The average molecular weight is 266 g/mol. The summed E-state index contributed by atoms with van der Waals surface area (Å²) in [7, 11) is 1.88. The van der Waals surface area contributed by atoms with Crippen LogP contribution in [0.1, 0.15) is 51.4 Å². The molecule has 3 unspecified atom stereocenters. The molecule has 1 saturated carbocycles. The maximum atomic E-state index is 5.58. The number of rotatable bonds is 3. The van der Waals surface area contributed by atoms with Gasteiger partial charge in [0.1, 0.15) is 0 Å². The Balaban J connectivity index is 1.46. The Morgan fingerprint density at radius 1 is 1.00 bits per heavy atom. The van der Waals surface area contributed by atoms with Gasteiger partial charge in [-0.2, -0.15) is 0 Å². The summed E-state index contributed by atoms with van der Waals surface area (Å²) in [5.41, 5.74) is 0. The van der Waals surface area contributed by atoms with Gasteiger partial charge in [0.15, 0.2) is 0 Å². The molecule has 1 N–H and O–H groups in total. The van der Waals surface area contributed by atoms with Crippen molar-refractivity contribution in [2.45, 2.75) is 69.6 Å². The lowest BCUT2D eigenvalue weighted by Crippen LogP contribution is -2.47. The maximum Gasteiger partial charge on any atom is 0.0586 e. The third kappa shape index (κ3) is 3.32. The zero-order valence-corrected chi connectivity index (χ0v) is 12.4. The van der Waals surface area contributed by atoms with E-state index in [4.69, 9.17) is 4.74 Å². The molecule has 3 nitrogen and oxygen atoms in total. The molecule has 110 valence electrons. The predicted molar refractivity (Wildman–Crippen MR) is 78.4 cm³/mol. The summed E-state index contributed by atoms with van der Waals surface area (Å²) in [6, 6.07) is 1.64. The van der Waals surface area contributed by atoms with E-state index in [1.807, 2.05) is 7.11 Å². The summed E-state index contributed by atoms with van der Waals surface area (Å²) < 4.78 is 5.58. The van der Waals surface area contributed by atoms with Crippen LogP contribution >= 0.6 is 0 Å². The first-order chi connectivity index (χ1) is 9.36. The van der Waals surface area contributed by atoms with Crippen LogP contribution in [0.15, 0.2) is 0 Å². The highest BCUT2D eigenvalue weighted by Gasteiger charge is 2.32. The molecule has 1 aliphatic carbocycles. The fourth-order valence-electron chi connectivity index (χ4n) is 4.47. The van der Waals surface area contributed by atoms with Gasteiger partial charge < -0.3 is 15.0 Å². The fraction of sp³-hybridized carbons (Fsp3) is 1.00. The summed E-state index contributed by atoms with van der Waals surface area (Å²) in [6.45, 7) is 3.90. The molecule has 0 aromatic heterocycles. The Bertz CT molecular complexity index is 270. The molecule has 3 atom stereocenters. The van der Waals surface area contributed by atoms with Gasteiger partial charge in [0, 0.05) is 19.2 Å². The van der Waals surface area contributed by atoms with Crippen LogP contribution in [0.2, 0.25) is 0 Å². The monoisotopic (exact) mass is 266 g/mol. The Kier molecular flexibility index (Phi) is 4.78. The first-order valence-electron chi connectivity index (χ1n) is 8.37. The smallest absolute Gasteiger partial charge is 0.0586 e. The van der Waals surface area contributed by atoms with E-state index in [0.29, 0.717) is 6.10 Å². The zero-order chi connectivity index (χ0) is 13.1. The minimum atomic E-state index is 0.521. The normalized spacial score (nSPS) is 38.7. The molecular formula is C16H30N2O. The van der Waals surface area contributed by atoms with Crippen LogP contribution in [0.25, 0.3) is 0 Å². The van der Waals surface area contributed by atoms with E-state index < -0.39 is 0 Å². The van der Waals surface area contributed by atoms with E-state index in [9.17, 15) is 0 Å². The van der Waals surface area contributed by atoms with E-state index >= 15 is 0 Å². The molecule has 0 amide bonds. The first-order valence-corrected chi connectivity index (χ1v) is 8.37. The molecule has 3 aliphatic rings. The third-order valence-electron chi connectivity index (χ3n) is 5.69. The minimum absolute atomic E-state index is 0.521. The number of hydrogen-bond acceptors (Lipinski definition) is 3. The van der Waals surface area contributed by atoms with Gasteiger partial charge in [0.05, 0.1) is 6.10 Å². The molecule has 2 heterocycles. The van der Waals surface area contributed by atoms with E-state index in [1.54, 1.807) is 0 Å². The molecule has 0 radical (unpaired) electrons. The van der Waals surface area contributed by atoms with Crippen molar-refractivity contribution in [2.75, 3.05) is 26.7 Å². The van der Waals surface area contributed by atoms with Crippen molar-refractivity contribution < 1.29 is 4.74 Å². The van der Waals surface area contributed by atoms with E-state index in [1.165, 1.54) is 71.0 Å². The molecule has 2 saturated heterocycles. The molecule has 0 aromatic carbocycles. The van der Waals surface area contributed by atoms with E-state index in [0.717, 1.165) is 18.0 Å². The number of nitrogens with zero attached hydrogens (tertiary/aromatic N) is 1. The molecule has 0 bridgehead atoms. The molecule has 3 rings (SSSR count). The third-order valence-corrected chi connectivity index (χ3v) is 5.69. The Hall–Kier alpha value is -0.120. The van der Waals surface area contributed by atoms with Crippen LogP contribution in [0.4, 0.5) is 0 Å². The van der Waals surface area contributed by atoms with Crippen molar-refractivity contribution in [3.8, 4) is 0 Å². The number of piperidine rings is 1. The quantitative estimate of drug-likeness (QED) is 0.849. The van der Waals surface area contributed by atoms with E-state index in [2.05, 4.69) is 10.2 Å². The number of ether oxygens (including phenoxy) is 1. The van der Waals surface area contributed by atoms with Crippen molar-refractivity contribution >= 4 is 0 Å². The van der Waals surface area contributed by atoms with Gasteiger partial charge in [-0.15, -0.1) is 0 Å². The van der Waals surface area contributed by atoms with Gasteiger partial charge in [0.2, 0.25) is 0 Å². The standard InChI is InChI=1S/C16H30N2O/c1-19-15-5-2-4-14(12-15)18-10-7-13(8-11-18)16-6-3-9-17-16/h13-17H,2-12H2,1H3. The Labute approximate surface area is 118 Å². The highest BCUT2D eigenvalue weighted by atomic mass is 16.5.